The van der Waals surface area contributed by atoms with Crippen LogP contribution in [0.15, 0.2) is 0 Å². The van der Waals surface area contributed by atoms with Gasteiger partial charge < -0.3 is 19.7 Å². The minimum atomic E-state index is -0.338. The number of hydrogen-bond acceptors (Lipinski definition) is 4. The summed E-state index contributed by atoms with van der Waals surface area (Å²) in [5.74, 6) is 3.58. The first kappa shape index (κ1) is 21.4. The van der Waals surface area contributed by atoms with E-state index in [2.05, 4.69) is 27.7 Å². The van der Waals surface area contributed by atoms with Gasteiger partial charge in [0.15, 0.2) is 5.79 Å². The molecule has 4 heteroatoms. The van der Waals surface area contributed by atoms with Gasteiger partial charge in [0.05, 0.1) is 24.9 Å². The molecule has 31 heavy (non-hydrogen) atoms. The Kier molecular flexibility index (Phi) is 4.78. The van der Waals surface area contributed by atoms with E-state index in [-0.39, 0.29) is 29.3 Å². The van der Waals surface area contributed by atoms with Crippen molar-refractivity contribution < 1.29 is 19.7 Å². The van der Waals surface area contributed by atoms with E-state index in [1.807, 2.05) is 0 Å². The normalized spacial score (nSPS) is 63.3. The molecule has 176 valence electrons. The van der Waals surface area contributed by atoms with Crippen LogP contribution in [0.3, 0.4) is 0 Å². The fourth-order valence-electron chi connectivity index (χ4n) is 10.3. The smallest absolute Gasteiger partial charge is 0.171 e. The molecule has 6 aliphatic rings. The largest absolute Gasteiger partial charge is 0.393 e. The molecule has 0 aromatic heterocycles. The van der Waals surface area contributed by atoms with Gasteiger partial charge in [0.25, 0.3) is 0 Å². The molecule has 0 aromatic carbocycles. The van der Waals surface area contributed by atoms with Crippen molar-refractivity contribution >= 4 is 0 Å². The minimum Gasteiger partial charge on any atom is -0.393 e. The van der Waals surface area contributed by atoms with Crippen molar-refractivity contribution in [2.24, 2.45) is 52.3 Å². The van der Waals surface area contributed by atoms with Gasteiger partial charge in [-0.1, -0.05) is 27.7 Å². The van der Waals surface area contributed by atoms with Gasteiger partial charge in [0, 0.05) is 12.3 Å². The molecule has 2 saturated heterocycles. The van der Waals surface area contributed by atoms with Crippen molar-refractivity contribution in [2.75, 3.05) is 6.61 Å². The van der Waals surface area contributed by atoms with Crippen molar-refractivity contribution in [1.82, 2.24) is 0 Å². The molecule has 0 radical (unpaired) electrons. The van der Waals surface area contributed by atoms with Crippen LogP contribution in [-0.2, 0) is 9.47 Å². The van der Waals surface area contributed by atoms with Gasteiger partial charge in [-0.05, 0) is 97.7 Å². The molecule has 0 amide bonds. The monoisotopic (exact) mass is 432 g/mol. The third-order valence-corrected chi connectivity index (χ3v) is 11.9. The Morgan fingerprint density at radius 1 is 0.806 bits per heavy atom. The summed E-state index contributed by atoms with van der Waals surface area (Å²) in [6.45, 7) is 10.6. The maximum Gasteiger partial charge on any atom is 0.171 e. The zero-order chi connectivity index (χ0) is 21.8. The van der Waals surface area contributed by atoms with Crippen LogP contribution in [0.2, 0.25) is 0 Å². The second-order valence-corrected chi connectivity index (χ2v) is 13.2. The fourth-order valence-corrected chi connectivity index (χ4v) is 10.3. The summed E-state index contributed by atoms with van der Waals surface area (Å²) < 4.78 is 13.3. The Labute approximate surface area is 188 Å². The number of fused-ring (bicyclic) bond motifs is 7. The van der Waals surface area contributed by atoms with Crippen molar-refractivity contribution in [2.45, 2.75) is 110 Å². The summed E-state index contributed by atoms with van der Waals surface area (Å²) in [5, 5.41) is 21.5. The van der Waals surface area contributed by atoms with Gasteiger partial charge in [-0.2, -0.15) is 0 Å². The Hall–Kier alpha value is -0.160. The first-order chi connectivity index (χ1) is 14.7. The van der Waals surface area contributed by atoms with E-state index in [1.165, 1.54) is 19.3 Å². The molecule has 2 aliphatic heterocycles. The average Bonchev–Trinajstić information content (AvgIpc) is 3.17. The average molecular weight is 433 g/mol. The second-order valence-electron chi connectivity index (χ2n) is 13.2. The highest BCUT2D eigenvalue weighted by molar-refractivity contribution is 5.16. The lowest BCUT2D eigenvalue weighted by molar-refractivity contribution is -0.273. The third-order valence-electron chi connectivity index (χ3n) is 11.9. The highest BCUT2D eigenvalue weighted by atomic mass is 16.7. The third kappa shape index (κ3) is 2.80. The van der Waals surface area contributed by atoms with Crippen molar-refractivity contribution in [3.63, 3.8) is 0 Å². The van der Waals surface area contributed by atoms with Crippen molar-refractivity contribution in [1.29, 1.82) is 0 Å². The molecular weight excluding hydrogens is 388 g/mol. The van der Waals surface area contributed by atoms with E-state index < -0.39 is 0 Å². The Balaban J connectivity index is 1.28. The molecule has 2 heterocycles. The zero-order valence-electron chi connectivity index (χ0n) is 20.1. The molecule has 1 spiro atoms. The second kappa shape index (κ2) is 6.93. The highest BCUT2D eigenvalue weighted by Gasteiger charge is 2.69. The van der Waals surface area contributed by atoms with Crippen LogP contribution in [0.4, 0.5) is 0 Å². The number of ether oxygens (including phenoxy) is 2. The van der Waals surface area contributed by atoms with Gasteiger partial charge in [-0.15, -0.1) is 0 Å². The summed E-state index contributed by atoms with van der Waals surface area (Å²) in [5.41, 5.74) is 0.495. The maximum atomic E-state index is 11.2. The van der Waals surface area contributed by atoms with Gasteiger partial charge >= 0.3 is 0 Å². The summed E-state index contributed by atoms with van der Waals surface area (Å²) in [6, 6.07) is 0. The van der Waals surface area contributed by atoms with Crippen LogP contribution >= 0.6 is 0 Å². The van der Waals surface area contributed by atoms with Crippen LogP contribution < -0.4 is 0 Å². The zero-order valence-corrected chi connectivity index (χ0v) is 20.1. The lowest BCUT2D eigenvalue weighted by atomic mass is 9.43. The predicted octanol–water partition coefficient (Wildman–Crippen LogP) is 4.76. The molecule has 0 aromatic rings. The first-order valence-corrected chi connectivity index (χ1v) is 13.4. The van der Waals surface area contributed by atoms with Crippen LogP contribution in [-0.4, -0.2) is 40.9 Å². The molecule has 2 unspecified atom stereocenters. The van der Waals surface area contributed by atoms with E-state index in [9.17, 15) is 10.2 Å². The van der Waals surface area contributed by atoms with E-state index >= 15 is 0 Å². The summed E-state index contributed by atoms with van der Waals surface area (Å²) >= 11 is 0. The summed E-state index contributed by atoms with van der Waals surface area (Å²) in [4.78, 5) is 0. The Morgan fingerprint density at radius 3 is 2.32 bits per heavy atom. The predicted molar refractivity (Wildman–Crippen MR) is 119 cm³/mol. The van der Waals surface area contributed by atoms with Gasteiger partial charge in [0.2, 0.25) is 0 Å². The fraction of sp³-hybridized carbons (Fsp3) is 1.00. The Morgan fingerprint density at radius 2 is 1.58 bits per heavy atom. The van der Waals surface area contributed by atoms with Gasteiger partial charge in [-0.3, -0.25) is 0 Å². The minimum absolute atomic E-state index is 0.191. The van der Waals surface area contributed by atoms with E-state index in [1.54, 1.807) is 0 Å². The summed E-state index contributed by atoms with van der Waals surface area (Å²) in [7, 11) is 0. The summed E-state index contributed by atoms with van der Waals surface area (Å²) in [6.07, 6.45) is 9.58. The van der Waals surface area contributed by atoms with Crippen LogP contribution in [0.5, 0.6) is 0 Å². The molecular formula is C27H44O4. The molecule has 4 saturated carbocycles. The lowest BCUT2D eigenvalue weighted by Gasteiger charge is -2.62. The topological polar surface area (TPSA) is 58.9 Å². The maximum absolute atomic E-state index is 11.2. The van der Waals surface area contributed by atoms with E-state index in [4.69, 9.17) is 9.47 Å². The molecule has 6 fully saturated rings. The van der Waals surface area contributed by atoms with Crippen LogP contribution in [0.25, 0.3) is 0 Å². The molecule has 6 rings (SSSR count). The van der Waals surface area contributed by atoms with Gasteiger partial charge in [-0.25, -0.2) is 0 Å². The molecule has 2 N–H and O–H groups in total. The molecule has 0 bridgehead atoms. The molecule has 4 aliphatic carbocycles. The highest BCUT2D eigenvalue weighted by Crippen LogP contribution is 2.71. The number of rotatable bonds is 0. The quantitative estimate of drug-likeness (QED) is 0.579. The Bertz CT molecular complexity index is 716. The van der Waals surface area contributed by atoms with E-state index in [0.29, 0.717) is 47.0 Å². The van der Waals surface area contributed by atoms with Crippen LogP contribution in [0, 0.1) is 52.3 Å². The SMILES string of the molecule is CC1CCC2(OC1)O[C@H]1C[C@H]3[C@@H]4C[C@H](O)[C@H]5C[C@@H](O)CC[C@]5(C)[C@H]4CC[C@]3(C)[C@H]1[C@@H]2C. The standard InChI is InChI=1S/C27H44O4/c1-15-5-10-27(30-14-15)16(2)24-23(31-27)13-20-18-12-22(29)21-11-17(28)6-8-25(21,3)19(18)7-9-26(20,24)4/h15-24,28-29H,5-14H2,1-4H3/t15?,16-,17-,18+,19-,20-,21+,22-,23-,24-,25+,26-,27?/m0/s1. The number of aliphatic hydroxyl groups excluding tert-OH is 2. The number of aliphatic hydroxyl groups is 2. The molecule has 13 atom stereocenters. The van der Waals surface area contributed by atoms with Crippen molar-refractivity contribution in [3.8, 4) is 0 Å². The molecule has 4 nitrogen and oxygen atoms in total. The van der Waals surface area contributed by atoms with Crippen LogP contribution in [0.1, 0.15) is 85.5 Å². The van der Waals surface area contributed by atoms with E-state index in [0.717, 1.165) is 45.1 Å². The number of hydrogen-bond donors (Lipinski definition) is 2. The van der Waals surface area contributed by atoms with Crippen molar-refractivity contribution in [3.05, 3.63) is 0 Å². The lowest BCUT2D eigenvalue weighted by Crippen LogP contribution is -2.58. The first-order valence-electron chi connectivity index (χ1n) is 13.4. The van der Waals surface area contributed by atoms with Gasteiger partial charge in [0.1, 0.15) is 0 Å².